The zero-order chi connectivity index (χ0) is 13.4. The van der Waals surface area contributed by atoms with Gasteiger partial charge < -0.3 is 11.1 Å². The number of carbonyl (C=O) groups is 1. The third-order valence-electron chi connectivity index (χ3n) is 2.91. The Morgan fingerprint density at radius 1 is 1.44 bits per heavy atom. The maximum absolute atomic E-state index is 13.0. The summed E-state index contributed by atoms with van der Waals surface area (Å²) in [7, 11) is 0. The maximum atomic E-state index is 13.0. The van der Waals surface area contributed by atoms with Crippen molar-refractivity contribution >= 4 is 5.91 Å². The molecule has 0 aliphatic carbocycles. The lowest BCUT2D eigenvalue weighted by atomic mass is 10.00. The zero-order valence-corrected chi connectivity index (χ0v) is 10.8. The van der Waals surface area contributed by atoms with Gasteiger partial charge in [0.05, 0.1) is 0 Å². The molecule has 1 aromatic rings. The van der Waals surface area contributed by atoms with E-state index in [1.807, 2.05) is 0 Å². The molecule has 1 atom stereocenters. The van der Waals surface area contributed by atoms with E-state index < -0.39 is 5.82 Å². The van der Waals surface area contributed by atoms with Crippen molar-refractivity contribution in [2.75, 3.05) is 13.1 Å². The second-order valence-electron chi connectivity index (χ2n) is 4.45. The van der Waals surface area contributed by atoms with Crippen LogP contribution in [0.5, 0.6) is 0 Å². The van der Waals surface area contributed by atoms with Crippen LogP contribution in [0.25, 0.3) is 0 Å². The van der Waals surface area contributed by atoms with Crippen molar-refractivity contribution in [3.05, 3.63) is 35.6 Å². The highest BCUT2D eigenvalue weighted by molar-refractivity contribution is 5.94. The van der Waals surface area contributed by atoms with Gasteiger partial charge in [0.2, 0.25) is 0 Å². The number of nitrogens with two attached hydrogens (primary N) is 1. The molecule has 1 rings (SSSR count). The summed E-state index contributed by atoms with van der Waals surface area (Å²) in [4.78, 5) is 11.8. The Labute approximate surface area is 108 Å². The fraction of sp³-hybridized carbons (Fsp3) is 0.500. The van der Waals surface area contributed by atoms with Gasteiger partial charge in [-0.2, -0.15) is 0 Å². The van der Waals surface area contributed by atoms with Crippen LogP contribution in [-0.2, 0) is 0 Å². The summed E-state index contributed by atoms with van der Waals surface area (Å²) in [6.45, 7) is 3.33. The molecule has 0 radical (unpaired) electrons. The number of rotatable bonds is 7. The molecule has 3 nitrogen and oxygen atoms in total. The molecule has 0 saturated heterocycles. The van der Waals surface area contributed by atoms with Crippen LogP contribution in [0.2, 0.25) is 0 Å². The van der Waals surface area contributed by atoms with Gasteiger partial charge in [0.15, 0.2) is 0 Å². The Kier molecular flexibility index (Phi) is 6.36. The number of halogens is 1. The monoisotopic (exact) mass is 252 g/mol. The zero-order valence-electron chi connectivity index (χ0n) is 10.8. The number of hydrogen-bond acceptors (Lipinski definition) is 2. The first-order valence-electron chi connectivity index (χ1n) is 6.41. The Morgan fingerprint density at radius 3 is 2.83 bits per heavy atom. The predicted molar refractivity (Wildman–Crippen MR) is 70.8 cm³/mol. The summed E-state index contributed by atoms with van der Waals surface area (Å²) in [6.07, 6.45) is 3.01. The van der Waals surface area contributed by atoms with E-state index >= 15 is 0 Å². The van der Waals surface area contributed by atoms with E-state index in [0.29, 0.717) is 24.6 Å². The first-order valence-corrected chi connectivity index (χ1v) is 6.41. The van der Waals surface area contributed by atoms with Gasteiger partial charge in [-0.15, -0.1) is 0 Å². The van der Waals surface area contributed by atoms with Crippen LogP contribution in [0.15, 0.2) is 24.3 Å². The van der Waals surface area contributed by atoms with Gasteiger partial charge in [0.1, 0.15) is 5.82 Å². The molecule has 0 fully saturated rings. The third kappa shape index (κ3) is 4.84. The average Bonchev–Trinajstić information content (AvgIpc) is 2.36. The fourth-order valence-electron chi connectivity index (χ4n) is 1.96. The van der Waals surface area contributed by atoms with Gasteiger partial charge in [0.25, 0.3) is 5.91 Å². The molecular weight excluding hydrogens is 231 g/mol. The lowest BCUT2D eigenvalue weighted by molar-refractivity contribution is 0.0945. The fourth-order valence-corrected chi connectivity index (χ4v) is 1.96. The summed E-state index contributed by atoms with van der Waals surface area (Å²) in [5.74, 6) is -0.222. The summed E-state index contributed by atoms with van der Waals surface area (Å²) in [5.41, 5.74) is 5.89. The van der Waals surface area contributed by atoms with Gasteiger partial charge in [-0.3, -0.25) is 4.79 Å². The standard InChI is InChI=1S/C14H21FN2O/c1-2-4-11(7-8-16)10-17-14(18)12-5-3-6-13(15)9-12/h3,5-6,9,11H,2,4,7-8,10,16H2,1H3,(H,17,18). The summed E-state index contributed by atoms with van der Waals surface area (Å²) in [5, 5.41) is 2.83. The molecule has 0 aliphatic rings. The molecule has 100 valence electrons. The van der Waals surface area contributed by atoms with Crippen molar-refractivity contribution in [3.63, 3.8) is 0 Å². The normalized spacial score (nSPS) is 12.2. The molecule has 1 amide bonds. The van der Waals surface area contributed by atoms with Gasteiger partial charge >= 0.3 is 0 Å². The number of carbonyl (C=O) groups excluding carboxylic acids is 1. The van der Waals surface area contributed by atoms with E-state index in [-0.39, 0.29) is 5.91 Å². The topological polar surface area (TPSA) is 55.1 Å². The van der Waals surface area contributed by atoms with Crippen molar-refractivity contribution < 1.29 is 9.18 Å². The summed E-state index contributed by atoms with van der Waals surface area (Å²) >= 11 is 0. The summed E-state index contributed by atoms with van der Waals surface area (Å²) < 4.78 is 13.0. The number of benzene rings is 1. The van der Waals surface area contributed by atoms with Crippen molar-refractivity contribution in [2.24, 2.45) is 11.7 Å². The molecular formula is C14H21FN2O. The van der Waals surface area contributed by atoms with Crippen LogP contribution in [0.1, 0.15) is 36.5 Å². The first kappa shape index (κ1) is 14.6. The minimum atomic E-state index is -0.394. The van der Waals surface area contributed by atoms with Crippen LogP contribution >= 0.6 is 0 Å². The predicted octanol–water partition coefficient (Wildman–Crippen LogP) is 2.32. The van der Waals surface area contributed by atoms with E-state index in [1.54, 1.807) is 6.07 Å². The van der Waals surface area contributed by atoms with Gasteiger partial charge in [-0.05, 0) is 43.5 Å². The highest BCUT2D eigenvalue weighted by Gasteiger charge is 2.10. The molecule has 4 heteroatoms. The Hall–Kier alpha value is -1.42. The van der Waals surface area contributed by atoms with Crippen molar-refractivity contribution in [1.29, 1.82) is 0 Å². The number of nitrogens with one attached hydrogen (secondary N) is 1. The lowest BCUT2D eigenvalue weighted by Crippen LogP contribution is -2.30. The van der Waals surface area contributed by atoms with Crippen LogP contribution in [-0.4, -0.2) is 19.0 Å². The average molecular weight is 252 g/mol. The van der Waals surface area contributed by atoms with E-state index in [2.05, 4.69) is 12.2 Å². The van der Waals surface area contributed by atoms with Crippen molar-refractivity contribution in [3.8, 4) is 0 Å². The second kappa shape index (κ2) is 7.82. The molecule has 0 bridgehead atoms. The molecule has 18 heavy (non-hydrogen) atoms. The van der Waals surface area contributed by atoms with Crippen LogP contribution < -0.4 is 11.1 Å². The SMILES string of the molecule is CCCC(CCN)CNC(=O)c1cccc(F)c1. The number of amides is 1. The van der Waals surface area contributed by atoms with Gasteiger partial charge in [-0.1, -0.05) is 19.4 Å². The minimum absolute atomic E-state index is 0.229. The van der Waals surface area contributed by atoms with Crippen LogP contribution in [0.4, 0.5) is 4.39 Å². The third-order valence-corrected chi connectivity index (χ3v) is 2.91. The van der Waals surface area contributed by atoms with Crippen LogP contribution in [0.3, 0.4) is 0 Å². The maximum Gasteiger partial charge on any atom is 0.251 e. The Morgan fingerprint density at radius 2 is 2.22 bits per heavy atom. The lowest BCUT2D eigenvalue weighted by Gasteiger charge is -2.15. The molecule has 0 saturated carbocycles. The minimum Gasteiger partial charge on any atom is -0.352 e. The number of hydrogen-bond donors (Lipinski definition) is 2. The van der Waals surface area contributed by atoms with Gasteiger partial charge in [0, 0.05) is 12.1 Å². The second-order valence-corrected chi connectivity index (χ2v) is 4.45. The molecule has 0 aromatic heterocycles. The molecule has 0 spiro atoms. The molecule has 0 heterocycles. The highest BCUT2D eigenvalue weighted by atomic mass is 19.1. The smallest absolute Gasteiger partial charge is 0.251 e. The molecule has 1 unspecified atom stereocenters. The molecule has 3 N–H and O–H groups in total. The quantitative estimate of drug-likeness (QED) is 0.782. The van der Waals surface area contributed by atoms with Gasteiger partial charge in [-0.25, -0.2) is 4.39 Å². The Bertz CT molecular complexity index is 376. The Balaban J connectivity index is 2.49. The van der Waals surface area contributed by atoms with Crippen LogP contribution in [0, 0.1) is 11.7 Å². The van der Waals surface area contributed by atoms with E-state index in [0.717, 1.165) is 19.3 Å². The largest absolute Gasteiger partial charge is 0.352 e. The van der Waals surface area contributed by atoms with Crippen molar-refractivity contribution in [1.82, 2.24) is 5.32 Å². The summed E-state index contributed by atoms with van der Waals surface area (Å²) in [6, 6.07) is 5.71. The van der Waals surface area contributed by atoms with E-state index in [9.17, 15) is 9.18 Å². The van der Waals surface area contributed by atoms with E-state index in [1.165, 1.54) is 18.2 Å². The molecule has 0 aliphatic heterocycles. The highest BCUT2D eigenvalue weighted by Crippen LogP contribution is 2.10. The van der Waals surface area contributed by atoms with Crippen molar-refractivity contribution in [2.45, 2.75) is 26.2 Å². The van der Waals surface area contributed by atoms with E-state index in [4.69, 9.17) is 5.73 Å². The first-order chi connectivity index (χ1) is 8.67. The molecule has 1 aromatic carbocycles.